The lowest BCUT2D eigenvalue weighted by atomic mass is 10.0. The molecule has 3 aromatic carbocycles. The van der Waals surface area contributed by atoms with Gasteiger partial charge in [0.05, 0.1) is 12.6 Å². The molecule has 1 atom stereocenters. The molecule has 4 heteroatoms. The average molecular weight is 410 g/mol. The standard InChI is InChI=1S/C27H23FN2O/c28-27-23(15-10-17-26(27)31)19-29-20-25(22-13-6-2-7-14-22)30-18-9-3-8-16-24(30)21-11-4-1-5-12-21/h1-19,25,31H,20H2/t25-/m0/s1. The van der Waals surface area contributed by atoms with Gasteiger partial charge in [0, 0.05) is 23.7 Å². The second kappa shape index (κ2) is 9.72. The topological polar surface area (TPSA) is 35.8 Å². The van der Waals surface area contributed by atoms with Gasteiger partial charge >= 0.3 is 0 Å². The molecule has 31 heavy (non-hydrogen) atoms. The molecular weight excluding hydrogens is 387 g/mol. The average Bonchev–Trinajstić information content (AvgIpc) is 3.06. The zero-order valence-electron chi connectivity index (χ0n) is 17.0. The van der Waals surface area contributed by atoms with Crippen LogP contribution in [0.1, 0.15) is 22.7 Å². The molecule has 3 aromatic rings. The minimum absolute atomic E-state index is 0.0968. The van der Waals surface area contributed by atoms with Crippen LogP contribution in [0.5, 0.6) is 5.75 Å². The Labute approximate surface area is 181 Å². The number of hydrogen-bond acceptors (Lipinski definition) is 3. The summed E-state index contributed by atoms with van der Waals surface area (Å²) >= 11 is 0. The molecule has 0 fully saturated rings. The van der Waals surface area contributed by atoms with Gasteiger partial charge < -0.3 is 10.0 Å². The van der Waals surface area contributed by atoms with E-state index < -0.39 is 5.82 Å². The van der Waals surface area contributed by atoms with Crippen LogP contribution >= 0.6 is 0 Å². The Bertz CT molecular complexity index is 1130. The van der Waals surface area contributed by atoms with E-state index in [1.54, 1.807) is 12.1 Å². The normalized spacial score (nSPS) is 14.5. The largest absolute Gasteiger partial charge is 0.505 e. The first-order valence-electron chi connectivity index (χ1n) is 10.2. The van der Waals surface area contributed by atoms with Crippen LogP contribution in [0, 0.1) is 5.82 Å². The van der Waals surface area contributed by atoms with Crippen LogP contribution < -0.4 is 0 Å². The first-order chi connectivity index (χ1) is 15.2. The number of phenols is 1. The Morgan fingerprint density at radius 2 is 1.61 bits per heavy atom. The van der Waals surface area contributed by atoms with E-state index in [4.69, 9.17) is 0 Å². The molecule has 1 aliphatic heterocycles. The van der Waals surface area contributed by atoms with Gasteiger partial charge in [-0.25, -0.2) is 4.39 Å². The summed E-state index contributed by atoms with van der Waals surface area (Å²) in [5.41, 5.74) is 3.52. The van der Waals surface area contributed by atoms with Crippen molar-refractivity contribution in [2.75, 3.05) is 6.54 Å². The number of aliphatic imine (C=N–C) groups is 1. The van der Waals surface area contributed by atoms with E-state index in [0.29, 0.717) is 6.54 Å². The highest BCUT2D eigenvalue weighted by Gasteiger charge is 2.22. The quantitative estimate of drug-likeness (QED) is 0.497. The third-order valence-electron chi connectivity index (χ3n) is 5.11. The summed E-state index contributed by atoms with van der Waals surface area (Å²) in [6.45, 7) is 0.410. The fourth-order valence-corrected chi connectivity index (χ4v) is 3.56. The second-order valence-corrected chi connectivity index (χ2v) is 7.15. The van der Waals surface area contributed by atoms with Crippen LogP contribution in [0.2, 0.25) is 0 Å². The molecule has 0 unspecified atom stereocenters. The Kier molecular flexibility index (Phi) is 6.38. The highest BCUT2D eigenvalue weighted by molar-refractivity contribution is 5.80. The molecule has 1 aliphatic rings. The lowest BCUT2D eigenvalue weighted by Gasteiger charge is -2.32. The van der Waals surface area contributed by atoms with Crippen molar-refractivity contribution in [3.63, 3.8) is 0 Å². The highest BCUT2D eigenvalue weighted by atomic mass is 19.1. The number of halogens is 1. The van der Waals surface area contributed by atoms with Crippen LogP contribution in [-0.4, -0.2) is 22.8 Å². The second-order valence-electron chi connectivity index (χ2n) is 7.15. The maximum Gasteiger partial charge on any atom is 0.173 e. The van der Waals surface area contributed by atoms with E-state index in [1.807, 2.05) is 60.8 Å². The lowest BCUT2D eigenvalue weighted by Crippen LogP contribution is -2.24. The van der Waals surface area contributed by atoms with Crippen molar-refractivity contribution in [3.8, 4) is 5.75 Å². The fraction of sp³-hybridized carbons (Fsp3) is 0.0741. The van der Waals surface area contributed by atoms with Gasteiger partial charge in [-0.15, -0.1) is 0 Å². The summed E-state index contributed by atoms with van der Waals surface area (Å²) < 4.78 is 14.2. The molecule has 0 spiro atoms. The Morgan fingerprint density at radius 1 is 0.871 bits per heavy atom. The predicted octanol–water partition coefficient (Wildman–Crippen LogP) is 6.12. The number of hydrogen-bond donors (Lipinski definition) is 1. The first-order valence-corrected chi connectivity index (χ1v) is 10.2. The van der Waals surface area contributed by atoms with Crippen LogP contribution in [0.25, 0.3) is 5.70 Å². The SMILES string of the molecule is Oc1cccc(C=NC[C@@H](c2ccccc2)N2C=CC=CC=C2c2ccccc2)c1F. The molecule has 0 aliphatic carbocycles. The van der Waals surface area contributed by atoms with Gasteiger partial charge in [-0.05, 0) is 29.3 Å². The smallest absolute Gasteiger partial charge is 0.173 e. The van der Waals surface area contributed by atoms with Crippen LogP contribution in [0.15, 0.2) is 114 Å². The van der Waals surface area contributed by atoms with E-state index in [9.17, 15) is 9.50 Å². The molecule has 154 valence electrons. The fourth-order valence-electron chi connectivity index (χ4n) is 3.56. The molecule has 0 amide bonds. The van der Waals surface area contributed by atoms with Crippen molar-refractivity contribution in [3.05, 3.63) is 132 Å². The summed E-state index contributed by atoms with van der Waals surface area (Å²) in [4.78, 5) is 6.75. The summed E-state index contributed by atoms with van der Waals surface area (Å²) in [5.74, 6) is -1.04. The third kappa shape index (κ3) is 4.81. The first kappa shape index (κ1) is 20.4. The Morgan fingerprint density at radius 3 is 2.39 bits per heavy atom. The minimum atomic E-state index is -0.661. The number of benzene rings is 3. The van der Waals surface area contributed by atoms with Crippen molar-refractivity contribution in [2.24, 2.45) is 4.99 Å². The summed E-state index contributed by atoms with van der Waals surface area (Å²) in [5, 5.41) is 9.61. The van der Waals surface area contributed by atoms with E-state index in [-0.39, 0.29) is 17.4 Å². The van der Waals surface area contributed by atoms with Crippen LogP contribution in [0.4, 0.5) is 4.39 Å². The van der Waals surface area contributed by atoms with Crippen LogP contribution in [0.3, 0.4) is 0 Å². The molecule has 0 aromatic heterocycles. The van der Waals surface area contributed by atoms with Gasteiger partial charge in [0.15, 0.2) is 11.6 Å². The minimum Gasteiger partial charge on any atom is -0.505 e. The predicted molar refractivity (Wildman–Crippen MR) is 124 cm³/mol. The number of allylic oxidation sites excluding steroid dienone is 4. The van der Waals surface area contributed by atoms with Crippen molar-refractivity contribution < 1.29 is 9.50 Å². The van der Waals surface area contributed by atoms with E-state index in [0.717, 1.165) is 16.8 Å². The Hall–Kier alpha value is -3.92. The van der Waals surface area contributed by atoms with Gasteiger partial charge in [0.25, 0.3) is 0 Å². The zero-order chi connectivity index (χ0) is 21.5. The third-order valence-corrected chi connectivity index (χ3v) is 5.11. The molecule has 0 radical (unpaired) electrons. The maximum absolute atomic E-state index is 14.2. The van der Waals surface area contributed by atoms with Gasteiger partial charge in [0.2, 0.25) is 0 Å². The van der Waals surface area contributed by atoms with Gasteiger partial charge in [-0.3, -0.25) is 4.99 Å². The number of rotatable bonds is 6. The molecule has 1 N–H and O–H groups in total. The van der Waals surface area contributed by atoms with Crippen molar-refractivity contribution in [1.82, 2.24) is 4.90 Å². The maximum atomic E-state index is 14.2. The number of nitrogens with zero attached hydrogens (tertiary/aromatic N) is 2. The molecule has 0 saturated carbocycles. The molecule has 0 saturated heterocycles. The van der Waals surface area contributed by atoms with Crippen molar-refractivity contribution >= 4 is 11.9 Å². The van der Waals surface area contributed by atoms with E-state index >= 15 is 0 Å². The van der Waals surface area contributed by atoms with Gasteiger partial charge in [0.1, 0.15) is 0 Å². The number of phenolic OH excluding ortho intramolecular Hbond substituents is 1. The summed E-state index contributed by atoms with van der Waals surface area (Å²) in [6, 6.07) is 24.8. The molecule has 3 nitrogen and oxygen atoms in total. The lowest BCUT2D eigenvalue weighted by molar-refractivity contribution is 0.402. The number of aromatic hydroxyl groups is 1. The molecule has 0 bridgehead atoms. The zero-order valence-corrected chi connectivity index (χ0v) is 17.0. The highest BCUT2D eigenvalue weighted by Crippen LogP contribution is 2.32. The molecule has 1 heterocycles. The van der Waals surface area contributed by atoms with Gasteiger partial charge in [-0.2, -0.15) is 0 Å². The molecular formula is C27H23FN2O. The molecule has 4 rings (SSSR count). The van der Waals surface area contributed by atoms with Crippen molar-refractivity contribution in [1.29, 1.82) is 0 Å². The van der Waals surface area contributed by atoms with E-state index in [1.165, 1.54) is 12.3 Å². The van der Waals surface area contributed by atoms with Crippen LogP contribution in [-0.2, 0) is 0 Å². The van der Waals surface area contributed by atoms with Gasteiger partial charge in [-0.1, -0.05) is 84.9 Å². The Balaban J connectivity index is 1.69. The summed E-state index contributed by atoms with van der Waals surface area (Å²) in [7, 11) is 0. The van der Waals surface area contributed by atoms with E-state index in [2.05, 4.69) is 40.2 Å². The summed E-state index contributed by atoms with van der Waals surface area (Å²) in [6.07, 6.45) is 11.6. The van der Waals surface area contributed by atoms with Crippen molar-refractivity contribution in [2.45, 2.75) is 6.04 Å². The monoisotopic (exact) mass is 410 g/mol.